The molecule has 1 aliphatic rings. The minimum absolute atomic E-state index is 0.160. The summed E-state index contributed by atoms with van der Waals surface area (Å²) >= 11 is 0. The van der Waals surface area contributed by atoms with Crippen LogP contribution in [-0.4, -0.2) is 47.9 Å². The summed E-state index contributed by atoms with van der Waals surface area (Å²) in [6.45, 7) is 5.11. The molecule has 1 saturated heterocycles. The molecule has 0 saturated carbocycles. The van der Waals surface area contributed by atoms with Gasteiger partial charge in [-0.25, -0.2) is 13.8 Å². The van der Waals surface area contributed by atoms with Crippen molar-refractivity contribution in [1.82, 2.24) is 9.88 Å². The van der Waals surface area contributed by atoms with E-state index in [0.717, 1.165) is 18.0 Å². The molecule has 2 heterocycles. The number of nitrogens with one attached hydrogen (secondary N) is 1. The van der Waals surface area contributed by atoms with Crippen LogP contribution in [0.1, 0.15) is 13.8 Å². The van der Waals surface area contributed by atoms with Crippen LogP contribution in [0.2, 0.25) is 0 Å². The molecule has 2 amide bonds. The zero-order chi connectivity index (χ0) is 20.3. The molecule has 0 spiro atoms. The first-order chi connectivity index (χ1) is 13.3. The van der Waals surface area contributed by atoms with Crippen molar-refractivity contribution >= 4 is 23.3 Å². The number of amides is 2. The lowest BCUT2D eigenvalue weighted by Crippen LogP contribution is -2.54. The molecular formula is C20H22F2N4O2. The predicted octanol–water partition coefficient (Wildman–Crippen LogP) is 2.67. The van der Waals surface area contributed by atoms with Gasteiger partial charge in [-0.2, -0.15) is 0 Å². The fourth-order valence-corrected chi connectivity index (χ4v) is 3.04. The number of nitrogens with zero attached hydrogens (tertiary/aromatic N) is 3. The fraction of sp³-hybridized carbons (Fsp3) is 0.350. The summed E-state index contributed by atoms with van der Waals surface area (Å²) in [7, 11) is 0. The van der Waals surface area contributed by atoms with Crippen LogP contribution in [0.25, 0.3) is 0 Å². The number of piperazine rings is 1. The maximum atomic E-state index is 13.8. The summed E-state index contributed by atoms with van der Waals surface area (Å²) < 4.78 is 26.8. The molecule has 0 aliphatic carbocycles. The highest BCUT2D eigenvalue weighted by Gasteiger charge is 2.40. The standard InChI is InChI=1S/C20H22F2N4O2/c1-20(2,18(27)24-16-7-6-14(21)13-15(16)22)19(28)26-11-9-25(10-12-26)17-5-3-4-8-23-17/h3-8,13H,9-12H2,1-2H3,(H,24,27). The van der Waals surface area contributed by atoms with Gasteiger partial charge >= 0.3 is 0 Å². The number of aromatic nitrogens is 1. The molecule has 2 aromatic rings. The molecule has 1 aliphatic heterocycles. The van der Waals surface area contributed by atoms with Gasteiger partial charge in [0.1, 0.15) is 22.9 Å². The maximum Gasteiger partial charge on any atom is 0.239 e. The fourth-order valence-electron chi connectivity index (χ4n) is 3.04. The van der Waals surface area contributed by atoms with Crippen LogP contribution in [0.15, 0.2) is 42.6 Å². The van der Waals surface area contributed by atoms with E-state index in [4.69, 9.17) is 0 Å². The Morgan fingerprint density at radius 3 is 2.39 bits per heavy atom. The summed E-state index contributed by atoms with van der Waals surface area (Å²) in [5.74, 6) is -1.76. The largest absolute Gasteiger partial charge is 0.353 e. The smallest absolute Gasteiger partial charge is 0.239 e. The third kappa shape index (κ3) is 4.11. The van der Waals surface area contributed by atoms with Crippen LogP contribution in [0.3, 0.4) is 0 Å². The van der Waals surface area contributed by atoms with Crippen LogP contribution in [0.5, 0.6) is 0 Å². The van der Waals surface area contributed by atoms with Crippen LogP contribution < -0.4 is 10.2 Å². The number of pyridine rings is 1. The predicted molar refractivity (Wildman–Crippen MR) is 102 cm³/mol. The van der Waals surface area contributed by atoms with E-state index in [0.29, 0.717) is 32.2 Å². The average molecular weight is 388 g/mol. The van der Waals surface area contributed by atoms with Gasteiger partial charge in [-0.15, -0.1) is 0 Å². The minimum atomic E-state index is -1.39. The van der Waals surface area contributed by atoms with E-state index in [-0.39, 0.29) is 11.6 Å². The number of carbonyl (C=O) groups is 2. The Morgan fingerprint density at radius 2 is 1.79 bits per heavy atom. The molecule has 1 aromatic heterocycles. The minimum Gasteiger partial charge on any atom is -0.353 e. The topological polar surface area (TPSA) is 65.5 Å². The van der Waals surface area contributed by atoms with Gasteiger partial charge in [-0.05, 0) is 38.1 Å². The van der Waals surface area contributed by atoms with Crippen LogP contribution >= 0.6 is 0 Å². The van der Waals surface area contributed by atoms with Gasteiger partial charge in [0.25, 0.3) is 0 Å². The number of rotatable bonds is 4. The van der Waals surface area contributed by atoms with Crippen LogP contribution in [0.4, 0.5) is 20.3 Å². The molecule has 0 unspecified atom stereocenters. The average Bonchev–Trinajstić information content (AvgIpc) is 2.70. The number of halogens is 2. The summed E-state index contributed by atoms with van der Waals surface area (Å²) in [5, 5.41) is 2.38. The van der Waals surface area contributed by atoms with Gasteiger partial charge in [0.05, 0.1) is 5.69 Å². The van der Waals surface area contributed by atoms with Gasteiger partial charge in [0.15, 0.2) is 0 Å². The zero-order valence-electron chi connectivity index (χ0n) is 15.8. The van der Waals surface area contributed by atoms with Crippen molar-refractivity contribution in [2.24, 2.45) is 5.41 Å². The Balaban J connectivity index is 1.63. The van der Waals surface area contributed by atoms with E-state index in [1.54, 1.807) is 11.1 Å². The van der Waals surface area contributed by atoms with E-state index in [2.05, 4.69) is 15.2 Å². The van der Waals surface area contributed by atoms with E-state index in [1.165, 1.54) is 13.8 Å². The molecule has 0 bridgehead atoms. The quantitative estimate of drug-likeness (QED) is 0.818. The molecule has 8 heteroatoms. The second kappa shape index (κ2) is 7.92. The summed E-state index contributed by atoms with van der Waals surface area (Å²) in [5.41, 5.74) is -1.55. The van der Waals surface area contributed by atoms with E-state index in [1.807, 2.05) is 18.2 Å². The highest BCUT2D eigenvalue weighted by molar-refractivity contribution is 6.09. The van der Waals surface area contributed by atoms with Crippen LogP contribution in [0, 0.1) is 17.0 Å². The van der Waals surface area contributed by atoms with Gasteiger partial charge in [-0.3, -0.25) is 9.59 Å². The molecule has 3 rings (SSSR count). The van der Waals surface area contributed by atoms with Crippen molar-refractivity contribution < 1.29 is 18.4 Å². The van der Waals surface area contributed by atoms with E-state index in [9.17, 15) is 18.4 Å². The monoisotopic (exact) mass is 388 g/mol. The first-order valence-corrected chi connectivity index (χ1v) is 9.01. The molecule has 1 aromatic carbocycles. The third-order valence-electron chi connectivity index (χ3n) is 4.82. The van der Waals surface area contributed by atoms with E-state index >= 15 is 0 Å². The summed E-state index contributed by atoms with van der Waals surface area (Å²) in [6.07, 6.45) is 1.72. The summed E-state index contributed by atoms with van der Waals surface area (Å²) in [6, 6.07) is 8.52. The Kier molecular flexibility index (Phi) is 5.58. The zero-order valence-corrected chi connectivity index (χ0v) is 15.8. The van der Waals surface area contributed by atoms with Gasteiger partial charge in [0, 0.05) is 38.4 Å². The molecule has 0 radical (unpaired) electrons. The van der Waals surface area contributed by atoms with Crippen molar-refractivity contribution in [3.05, 3.63) is 54.2 Å². The SMILES string of the molecule is CC(C)(C(=O)Nc1ccc(F)cc1F)C(=O)N1CCN(c2ccccn2)CC1. The Labute approximate surface area is 162 Å². The molecule has 148 valence electrons. The van der Waals surface area contributed by atoms with Gasteiger partial charge < -0.3 is 15.1 Å². The summed E-state index contributed by atoms with van der Waals surface area (Å²) in [4.78, 5) is 33.5. The van der Waals surface area contributed by atoms with Crippen molar-refractivity contribution in [3.8, 4) is 0 Å². The first-order valence-electron chi connectivity index (χ1n) is 9.01. The lowest BCUT2D eigenvalue weighted by atomic mass is 9.89. The van der Waals surface area contributed by atoms with Crippen molar-refractivity contribution in [3.63, 3.8) is 0 Å². The first kappa shape index (κ1) is 19.7. The maximum absolute atomic E-state index is 13.8. The highest BCUT2D eigenvalue weighted by Crippen LogP contribution is 2.25. The van der Waals surface area contributed by atoms with Crippen LogP contribution in [-0.2, 0) is 9.59 Å². The molecule has 28 heavy (non-hydrogen) atoms. The Hall–Kier alpha value is -3.03. The molecule has 1 fully saturated rings. The Morgan fingerprint density at radius 1 is 1.07 bits per heavy atom. The van der Waals surface area contributed by atoms with E-state index < -0.39 is 23.0 Å². The second-order valence-electron chi connectivity index (χ2n) is 7.17. The van der Waals surface area contributed by atoms with Crippen molar-refractivity contribution in [2.45, 2.75) is 13.8 Å². The van der Waals surface area contributed by atoms with Gasteiger partial charge in [0.2, 0.25) is 11.8 Å². The van der Waals surface area contributed by atoms with Crippen molar-refractivity contribution in [2.75, 3.05) is 36.4 Å². The molecule has 1 N–H and O–H groups in total. The normalized spacial score (nSPS) is 14.7. The number of hydrogen-bond donors (Lipinski definition) is 1. The molecular weight excluding hydrogens is 366 g/mol. The van der Waals surface area contributed by atoms with Gasteiger partial charge in [-0.1, -0.05) is 6.07 Å². The lowest BCUT2D eigenvalue weighted by molar-refractivity contribution is -0.146. The van der Waals surface area contributed by atoms with Crippen molar-refractivity contribution in [1.29, 1.82) is 0 Å². The second-order valence-corrected chi connectivity index (χ2v) is 7.17. The Bertz CT molecular complexity index is 866. The number of benzene rings is 1. The highest BCUT2D eigenvalue weighted by atomic mass is 19.1. The third-order valence-corrected chi connectivity index (χ3v) is 4.82. The molecule has 6 nitrogen and oxygen atoms in total. The number of carbonyl (C=O) groups excluding carboxylic acids is 2. The number of hydrogen-bond acceptors (Lipinski definition) is 4. The lowest BCUT2D eigenvalue weighted by Gasteiger charge is -2.38. The number of anilines is 2. The molecule has 0 atom stereocenters.